The van der Waals surface area contributed by atoms with E-state index in [2.05, 4.69) is 51.2 Å². The molecule has 0 unspecified atom stereocenters. The van der Waals surface area contributed by atoms with Crippen molar-refractivity contribution in [2.24, 2.45) is 7.05 Å². The Hall–Kier alpha value is -2.36. The molecule has 0 bridgehead atoms. The van der Waals surface area contributed by atoms with Gasteiger partial charge in [-0.25, -0.2) is 4.57 Å². The van der Waals surface area contributed by atoms with Crippen LogP contribution in [0.25, 0.3) is 0 Å². The Bertz CT molecular complexity index is 853. The number of pyridine rings is 1. The molecule has 1 aromatic heterocycles. The van der Waals surface area contributed by atoms with Crippen LogP contribution in [0.4, 0.5) is 0 Å². The first-order chi connectivity index (χ1) is 16.3. The van der Waals surface area contributed by atoms with Gasteiger partial charge < -0.3 is 10.1 Å². The maximum atomic E-state index is 12.5. The van der Waals surface area contributed by atoms with Crippen LogP contribution in [0.1, 0.15) is 113 Å². The van der Waals surface area contributed by atoms with E-state index in [0.29, 0.717) is 12.1 Å². The molecule has 0 saturated carbocycles. The number of amides is 1. The zero-order chi connectivity index (χ0) is 24.8. The lowest BCUT2D eigenvalue weighted by molar-refractivity contribution is -0.671. The molecule has 1 aromatic carbocycles. The summed E-state index contributed by atoms with van der Waals surface area (Å²) in [4.78, 5) is 12.5. The van der Waals surface area contributed by atoms with Gasteiger partial charge in [0.25, 0.3) is 5.91 Å². The molecule has 34 heavy (non-hydrogen) atoms. The van der Waals surface area contributed by atoms with Crippen molar-refractivity contribution in [1.29, 1.82) is 0 Å². The summed E-state index contributed by atoms with van der Waals surface area (Å²) in [6, 6.07) is 9.98. The van der Waals surface area contributed by atoms with Crippen molar-refractivity contribution in [2.75, 3.05) is 6.61 Å². The van der Waals surface area contributed by atoms with Crippen LogP contribution in [0.2, 0.25) is 0 Å². The second-order valence-corrected chi connectivity index (χ2v) is 10.5. The quantitative estimate of drug-likeness (QED) is 0.225. The number of rotatable bonds is 15. The Morgan fingerprint density at radius 2 is 1.47 bits per heavy atom. The molecule has 2 aromatic rings. The van der Waals surface area contributed by atoms with E-state index in [1.165, 1.54) is 63.4 Å². The number of unbranched alkanes of at least 4 members (excludes halogenated alkanes) is 9. The summed E-state index contributed by atoms with van der Waals surface area (Å²) in [6.45, 7) is 10.2. The van der Waals surface area contributed by atoms with Crippen LogP contribution < -0.4 is 14.6 Å². The molecule has 0 aliphatic carbocycles. The number of benzene rings is 1. The largest absolute Gasteiger partial charge is 0.493 e. The molecule has 0 fully saturated rings. The normalized spacial score (nSPS) is 11.4. The second-order valence-electron chi connectivity index (χ2n) is 10.5. The predicted molar refractivity (Wildman–Crippen MR) is 141 cm³/mol. The maximum Gasteiger partial charge on any atom is 0.252 e. The van der Waals surface area contributed by atoms with Crippen molar-refractivity contribution in [2.45, 2.75) is 104 Å². The van der Waals surface area contributed by atoms with Crippen molar-refractivity contribution in [3.63, 3.8) is 0 Å². The van der Waals surface area contributed by atoms with Crippen molar-refractivity contribution >= 4 is 5.91 Å². The second kappa shape index (κ2) is 14.8. The molecule has 0 aliphatic heterocycles. The number of aromatic nitrogens is 1. The van der Waals surface area contributed by atoms with Crippen LogP contribution in [0, 0.1) is 0 Å². The van der Waals surface area contributed by atoms with Gasteiger partial charge in [0.1, 0.15) is 12.8 Å². The topological polar surface area (TPSA) is 42.2 Å². The van der Waals surface area contributed by atoms with Gasteiger partial charge in [0.2, 0.25) is 0 Å². The highest BCUT2D eigenvalue weighted by atomic mass is 16.5. The Morgan fingerprint density at radius 1 is 0.882 bits per heavy atom. The van der Waals surface area contributed by atoms with Crippen molar-refractivity contribution < 1.29 is 14.1 Å². The summed E-state index contributed by atoms with van der Waals surface area (Å²) in [5.41, 5.74) is 2.93. The number of hydrogen-bond acceptors (Lipinski definition) is 2. The predicted octanol–water partition coefficient (Wildman–Crippen LogP) is 7.04. The van der Waals surface area contributed by atoms with Crippen LogP contribution in [0.15, 0.2) is 42.7 Å². The van der Waals surface area contributed by atoms with E-state index < -0.39 is 0 Å². The third kappa shape index (κ3) is 10.3. The zero-order valence-electron chi connectivity index (χ0n) is 22.3. The highest BCUT2D eigenvalue weighted by molar-refractivity contribution is 5.93. The van der Waals surface area contributed by atoms with E-state index in [9.17, 15) is 4.79 Å². The third-order valence-electron chi connectivity index (χ3n) is 6.30. The lowest BCUT2D eigenvalue weighted by atomic mass is 9.85. The lowest BCUT2D eigenvalue weighted by Crippen LogP contribution is -2.28. The van der Waals surface area contributed by atoms with Crippen LogP contribution in [0.5, 0.6) is 5.75 Å². The molecule has 188 valence electrons. The summed E-state index contributed by atoms with van der Waals surface area (Å²) in [5, 5.41) is 3.03. The summed E-state index contributed by atoms with van der Waals surface area (Å²) >= 11 is 0. The number of ether oxygens (including phenoxy) is 1. The van der Waals surface area contributed by atoms with Gasteiger partial charge in [0.15, 0.2) is 12.4 Å². The van der Waals surface area contributed by atoms with E-state index >= 15 is 0 Å². The highest BCUT2D eigenvalue weighted by Gasteiger charge is 2.20. The van der Waals surface area contributed by atoms with Crippen molar-refractivity contribution in [3.8, 4) is 5.75 Å². The average Bonchev–Trinajstić information content (AvgIpc) is 2.81. The van der Waals surface area contributed by atoms with Gasteiger partial charge in [-0.2, -0.15) is 0 Å². The molecule has 0 saturated heterocycles. The van der Waals surface area contributed by atoms with E-state index in [1.807, 2.05) is 36.1 Å². The number of aryl methyl sites for hydroxylation is 1. The van der Waals surface area contributed by atoms with Gasteiger partial charge in [-0.15, -0.1) is 0 Å². The molecular weight excluding hydrogens is 420 g/mol. The first-order valence-electron chi connectivity index (χ1n) is 13.3. The van der Waals surface area contributed by atoms with Crippen molar-refractivity contribution in [3.05, 3.63) is 59.4 Å². The number of carbonyl (C=O) groups is 1. The van der Waals surface area contributed by atoms with Gasteiger partial charge in [-0.05, 0) is 35.1 Å². The molecule has 1 N–H and O–H groups in total. The molecule has 1 heterocycles. The van der Waals surface area contributed by atoms with Gasteiger partial charge in [-0.3, -0.25) is 4.79 Å². The van der Waals surface area contributed by atoms with E-state index in [4.69, 9.17) is 4.74 Å². The minimum atomic E-state index is -0.0563. The first kappa shape index (κ1) is 27.9. The minimum absolute atomic E-state index is 0.0265. The molecule has 0 aliphatic rings. The van der Waals surface area contributed by atoms with Gasteiger partial charge >= 0.3 is 0 Å². The highest BCUT2D eigenvalue weighted by Crippen LogP contribution is 2.32. The van der Waals surface area contributed by atoms with E-state index in [1.54, 1.807) is 0 Å². The number of nitrogens with zero attached hydrogens (tertiary/aromatic N) is 1. The minimum Gasteiger partial charge on any atom is -0.493 e. The number of nitrogens with one attached hydrogen (secondary N) is 1. The van der Waals surface area contributed by atoms with E-state index in [0.717, 1.165) is 24.3 Å². The summed E-state index contributed by atoms with van der Waals surface area (Å²) in [7, 11) is 1.94. The summed E-state index contributed by atoms with van der Waals surface area (Å²) in [6.07, 6.45) is 17.0. The Balaban J connectivity index is 1.78. The van der Waals surface area contributed by atoms with Gasteiger partial charge in [-0.1, -0.05) is 91.5 Å². The Labute approximate surface area is 208 Å². The average molecular weight is 468 g/mol. The molecule has 0 spiro atoms. The Kier molecular flexibility index (Phi) is 12.1. The molecule has 0 radical (unpaired) electrons. The molecule has 2 rings (SSSR count). The zero-order valence-corrected chi connectivity index (χ0v) is 22.3. The monoisotopic (exact) mass is 467 g/mol. The summed E-state index contributed by atoms with van der Waals surface area (Å²) < 4.78 is 8.12. The van der Waals surface area contributed by atoms with Crippen molar-refractivity contribution in [1.82, 2.24) is 5.32 Å². The van der Waals surface area contributed by atoms with E-state index in [-0.39, 0.29) is 11.3 Å². The smallest absolute Gasteiger partial charge is 0.252 e. The fourth-order valence-corrected chi connectivity index (χ4v) is 4.11. The fourth-order valence-electron chi connectivity index (χ4n) is 4.11. The molecule has 0 atom stereocenters. The third-order valence-corrected chi connectivity index (χ3v) is 6.30. The molecule has 1 amide bonds. The standard InChI is InChI=1S/C30H46N2O2/c1-6-7-8-9-10-11-12-13-14-15-22-34-28-17-16-25(23-27(28)30(2,3)4)24-31-29(33)26-18-20-32(5)21-19-26/h16-21,23H,6-15,22,24H2,1-5H3/p+1. The van der Waals surface area contributed by atoms with Crippen LogP contribution in [-0.4, -0.2) is 12.5 Å². The molecule has 4 nitrogen and oxygen atoms in total. The molecular formula is C30H47N2O2+. The number of carbonyl (C=O) groups excluding carboxylic acids is 1. The fraction of sp³-hybridized carbons (Fsp3) is 0.600. The van der Waals surface area contributed by atoms with Gasteiger partial charge in [0, 0.05) is 18.7 Å². The van der Waals surface area contributed by atoms with Crippen LogP contribution in [-0.2, 0) is 19.0 Å². The van der Waals surface area contributed by atoms with Gasteiger partial charge in [0.05, 0.1) is 12.2 Å². The van der Waals surface area contributed by atoms with Crippen LogP contribution >= 0.6 is 0 Å². The van der Waals surface area contributed by atoms with Crippen LogP contribution in [0.3, 0.4) is 0 Å². The summed E-state index contributed by atoms with van der Waals surface area (Å²) in [5.74, 6) is 0.910. The maximum absolute atomic E-state index is 12.5. The first-order valence-corrected chi connectivity index (χ1v) is 13.3. The Morgan fingerprint density at radius 3 is 2.06 bits per heavy atom. The SMILES string of the molecule is CCCCCCCCCCCCOc1ccc(CNC(=O)c2cc[n+](C)cc2)cc1C(C)(C)C. The number of hydrogen-bond donors (Lipinski definition) is 1. The molecule has 4 heteroatoms. The lowest BCUT2D eigenvalue weighted by Gasteiger charge is -2.24.